The van der Waals surface area contributed by atoms with Crippen LogP contribution in [0.25, 0.3) is 5.57 Å². The Kier molecular flexibility index (Phi) is 3.67. The van der Waals surface area contributed by atoms with E-state index in [-0.39, 0.29) is 5.97 Å². The molecule has 80 valence electrons. The Hall–Kier alpha value is -1.57. The normalized spacial score (nSPS) is 11.3. The summed E-state index contributed by atoms with van der Waals surface area (Å²) in [4.78, 5) is 11.1. The van der Waals surface area contributed by atoms with E-state index in [1.807, 2.05) is 39.0 Å². The van der Waals surface area contributed by atoms with E-state index >= 15 is 0 Å². The van der Waals surface area contributed by atoms with Gasteiger partial charge in [0.2, 0.25) is 0 Å². The first-order valence-corrected chi connectivity index (χ1v) is 4.89. The Morgan fingerprint density at radius 1 is 1.27 bits per heavy atom. The number of hydrogen-bond acceptors (Lipinski definition) is 2. The zero-order chi connectivity index (χ0) is 11.4. The molecule has 1 aromatic rings. The van der Waals surface area contributed by atoms with Crippen LogP contribution in [0.15, 0.2) is 24.3 Å². The molecule has 0 amide bonds. The second-order valence-electron chi connectivity index (χ2n) is 3.62. The Morgan fingerprint density at radius 3 is 2.27 bits per heavy atom. The van der Waals surface area contributed by atoms with Crippen molar-refractivity contribution in [2.45, 2.75) is 20.8 Å². The zero-order valence-corrected chi connectivity index (χ0v) is 9.63. The summed E-state index contributed by atoms with van der Waals surface area (Å²) < 4.78 is 4.61. The van der Waals surface area contributed by atoms with E-state index in [9.17, 15) is 4.79 Å². The minimum absolute atomic E-state index is 0.310. The van der Waals surface area contributed by atoms with Crippen molar-refractivity contribution in [3.8, 4) is 0 Å². The molecule has 1 rings (SSSR count). The van der Waals surface area contributed by atoms with Crippen LogP contribution in [0.2, 0.25) is 0 Å². The highest BCUT2D eigenvalue weighted by Crippen LogP contribution is 2.22. The van der Waals surface area contributed by atoms with Gasteiger partial charge in [0.05, 0.1) is 7.11 Å². The molecule has 0 N–H and O–H groups in total. The topological polar surface area (TPSA) is 26.3 Å². The second-order valence-corrected chi connectivity index (χ2v) is 3.62. The van der Waals surface area contributed by atoms with Gasteiger partial charge in [-0.15, -0.1) is 0 Å². The molecular formula is C13H16O2. The Morgan fingerprint density at radius 2 is 1.80 bits per heavy atom. The van der Waals surface area contributed by atoms with Crippen LogP contribution in [0.1, 0.15) is 23.6 Å². The predicted molar refractivity (Wildman–Crippen MR) is 61.6 cm³/mol. The molecule has 0 radical (unpaired) electrons. The van der Waals surface area contributed by atoms with Gasteiger partial charge in [-0.2, -0.15) is 0 Å². The molecule has 2 heteroatoms. The molecule has 1 aromatic carbocycles. The molecule has 0 aliphatic rings. The maximum atomic E-state index is 11.1. The average molecular weight is 204 g/mol. The lowest BCUT2D eigenvalue weighted by Crippen LogP contribution is -1.98. The van der Waals surface area contributed by atoms with E-state index in [2.05, 4.69) is 4.74 Å². The van der Waals surface area contributed by atoms with Gasteiger partial charge in [-0.3, -0.25) is 0 Å². The van der Waals surface area contributed by atoms with Crippen molar-refractivity contribution in [3.63, 3.8) is 0 Å². The highest BCUT2D eigenvalue weighted by Gasteiger charge is 2.05. The van der Waals surface area contributed by atoms with Gasteiger partial charge in [0, 0.05) is 6.08 Å². The molecule has 0 unspecified atom stereocenters. The van der Waals surface area contributed by atoms with Gasteiger partial charge in [-0.05, 0) is 43.0 Å². The molecule has 0 saturated heterocycles. The van der Waals surface area contributed by atoms with Crippen molar-refractivity contribution in [1.29, 1.82) is 0 Å². The molecule has 0 spiro atoms. The molecule has 0 bridgehead atoms. The fourth-order valence-corrected chi connectivity index (χ4v) is 1.74. The van der Waals surface area contributed by atoms with Crippen LogP contribution in [0.5, 0.6) is 0 Å². The number of carbonyl (C=O) groups is 1. The second kappa shape index (κ2) is 4.78. The Labute approximate surface area is 90.6 Å². The fourth-order valence-electron chi connectivity index (χ4n) is 1.74. The largest absolute Gasteiger partial charge is 0.466 e. The van der Waals surface area contributed by atoms with E-state index in [4.69, 9.17) is 0 Å². The first-order chi connectivity index (χ1) is 7.06. The van der Waals surface area contributed by atoms with Gasteiger partial charge in [-0.1, -0.05) is 18.2 Å². The number of aryl methyl sites for hydroxylation is 2. The summed E-state index contributed by atoms with van der Waals surface area (Å²) in [6.45, 7) is 6.00. The van der Waals surface area contributed by atoms with Crippen molar-refractivity contribution >= 4 is 11.5 Å². The summed E-state index contributed by atoms with van der Waals surface area (Å²) in [6.07, 6.45) is 1.52. The van der Waals surface area contributed by atoms with Crippen LogP contribution in [0, 0.1) is 13.8 Å². The SMILES string of the molecule is COC(=O)/C=C(\C)c1c(C)cccc1C. The third-order valence-electron chi connectivity index (χ3n) is 2.41. The van der Waals surface area contributed by atoms with Crippen LogP contribution >= 0.6 is 0 Å². The maximum absolute atomic E-state index is 11.1. The van der Waals surface area contributed by atoms with Crippen LogP contribution in [0.4, 0.5) is 0 Å². The lowest BCUT2D eigenvalue weighted by Gasteiger charge is -2.09. The Bertz CT molecular complexity index is 383. The van der Waals surface area contributed by atoms with Crippen molar-refractivity contribution in [3.05, 3.63) is 41.0 Å². The van der Waals surface area contributed by atoms with E-state index in [1.165, 1.54) is 24.3 Å². The highest BCUT2D eigenvalue weighted by atomic mass is 16.5. The monoisotopic (exact) mass is 204 g/mol. The van der Waals surface area contributed by atoms with E-state index in [0.717, 1.165) is 11.1 Å². The van der Waals surface area contributed by atoms with E-state index in [0.29, 0.717) is 0 Å². The van der Waals surface area contributed by atoms with Crippen LogP contribution in [-0.4, -0.2) is 13.1 Å². The fraction of sp³-hybridized carbons (Fsp3) is 0.308. The molecular weight excluding hydrogens is 188 g/mol. The highest BCUT2D eigenvalue weighted by molar-refractivity contribution is 5.91. The van der Waals surface area contributed by atoms with Crippen molar-refractivity contribution in [2.24, 2.45) is 0 Å². The minimum atomic E-state index is -0.310. The average Bonchev–Trinajstić information content (AvgIpc) is 2.17. The summed E-state index contributed by atoms with van der Waals surface area (Å²) in [6, 6.07) is 6.09. The summed E-state index contributed by atoms with van der Waals surface area (Å²) in [5.74, 6) is -0.310. The van der Waals surface area contributed by atoms with E-state index < -0.39 is 0 Å². The molecule has 15 heavy (non-hydrogen) atoms. The third kappa shape index (κ3) is 2.69. The number of carbonyl (C=O) groups excluding carboxylic acids is 1. The lowest BCUT2D eigenvalue weighted by atomic mass is 9.96. The Balaban J connectivity index is 3.16. The number of esters is 1. The van der Waals surface area contributed by atoms with Gasteiger partial charge in [0.25, 0.3) is 0 Å². The van der Waals surface area contributed by atoms with Crippen LogP contribution in [-0.2, 0) is 9.53 Å². The smallest absolute Gasteiger partial charge is 0.330 e. The zero-order valence-electron chi connectivity index (χ0n) is 9.63. The quantitative estimate of drug-likeness (QED) is 0.547. The molecule has 0 aromatic heterocycles. The number of rotatable bonds is 2. The third-order valence-corrected chi connectivity index (χ3v) is 2.41. The standard InChI is InChI=1S/C13H16O2/c1-9-6-5-7-10(2)13(9)11(3)8-12(14)15-4/h5-8H,1-4H3/b11-8+. The number of allylic oxidation sites excluding steroid dienone is 1. The van der Waals surface area contributed by atoms with Gasteiger partial charge < -0.3 is 4.74 Å². The number of hydrogen-bond donors (Lipinski definition) is 0. The first-order valence-electron chi connectivity index (χ1n) is 4.89. The molecule has 0 saturated carbocycles. The maximum Gasteiger partial charge on any atom is 0.330 e. The van der Waals surface area contributed by atoms with Crippen LogP contribution in [0.3, 0.4) is 0 Å². The van der Waals surface area contributed by atoms with Crippen LogP contribution < -0.4 is 0 Å². The van der Waals surface area contributed by atoms with Gasteiger partial charge >= 0.3 is 5.97 Å². The van der Waals surface area contributed by atoms with Crippen molar-refractivity contribution < 1.29 is 9.53 Å². The molecule has 0 heterocycles. The molecule has 2 nitrogen and oxygen atoms in total. The lowest BCUT2D eigenvalue weighted by molar-refractivity contribution is -0.134. The van der Waals surface area contributed by atoms with Crippen molar-refractivity contribution in [2.75, 3.05) is 7.11 Å². The van der Waals surface area contributed by atoms with Gasteiger partial charge in [0.1, 0.15) is 0 Å². The first kappa shape index (κ1) is 11.5. The van der Waals surface area contributed by atoms with Gasteiger partial charge in [-0.25, -0.2) is 4.79 Å². The molecule has 0 atom stereocenters. The van der Waals surface area contributed by atoms with Crippen molar-refractivity contribution in [1.82, 2.24) is 0 Å². The minimum Gasteiger partial charge on any atom is -0.466 e. The molecule has 0 fully saturated rings. The summed E-state index contributed by atoms with van der Waals surface area (Å²) in [7, 11) is 1.39. The summed E-state index contributed by atoms with van der Waals surface area (Å²) in [5.41, 5.74) is 4.42. The van der Waals surface area contributed by atoms with E-state index in [1.54, 1.807) is 0 Å². The predicted octanol–water partition coefficient (Wildman–Crippen LogP) is 2.88. The number of benzene rings is 1. The summed E-state index contributed by atoms with van der Waals surface area (Å²) in [5, 5.41) is 0. The number of ether oxygens (including phenoxy) is 1. The summed E-state index contributed by atoms with van der Waals surface area (Å²) >= 11 is 0. The molecule has 0 aliphatic carbocycles. The molecule has 0 aliphatic heterocycles. The van der Waals surface area contributed by atoms with Gasteiger partial charge in [0.15, 0.2) is 0 Å². The number of methoxy groups -OCH3 is 1.